The van der Waals surface area contributed by atoms with Crippen LogP contribution in [0.2, 0.25) is 0 Å². The standard InChI is InChI=1S/C19H26N2O2.C2HF3O2/c22-19-7-6-17-18(21(19)16-4-2-1-3-5-16)8-11-20(17)14-15-9-12-23-13-10-15;3-2(4,5)1(6)7/h1-5,15,17-18H,6-14H2;(H,6,7)/t17-,18-;/m0./s1. The molecule has 0 saturated carbocycles. The fourth-order valence-corrected chi connectivity index (χ4v) is 4.56. The molecule has 3 fully saturated rings. The van der Waals surface area contributed by atoms with Gasteiger partial charge in [0.1, 0.15) is 0 Å². The van der Waals surface area contributed by atoms with Gasteiger partial charge in [0.05, 0.1) is 6.04 Å². The first-order valence-electron chi connectivity index (χ1n) is 10.3. The van der Waals surface area contributed by atoms with Gasteiger partial charge in [-0.1, -0.05) is 18.2 Å². The number of carboxylic acid groups (broad SMARTS) is 1. The van der Waals surface area contributed by atoms with Gasteiger partial charge in [-0.25, -0.2) is 4.79 Å². The van der Waals surface area contributed by atoms with Crippen LogP contribution in [-0.4, -0.2) is 66.4 Å². The normalized spacial score (nSPS) is 25.4. The van der Waals surface area contributed by atoms with E-state index in [0.717, 1.165) is 44.2 Å². The first kappa shape index (κ1) is 22.6. The zero-order valence-electron chi connectivity index (χ0n) is 16.7. The summed E-state index contributed by atoms with van der Waals surface area (Å²) in [6.45, 7) is 4.15. The third kappa shape index (κ3) is 5.51. The quantitative estimate of drug-likeness (QED) is 0.800. The Kier molecular flexibility index (Phi) is 7.36. The first-order chi connectivity index (χ1) is 14.3. The number of piperidine rings is 1. The fraction of sp³-hybridized carbons (Fsp3) is 0.619. The zero-order valence-corrected chi connectivity index (χ0v) is 16.7. The minimum Gasteiger partial charge on any atom is -0.475 e. The van der Waals surface area contributed by atoms with Gasteiger partial charge in [0.2, 0.25) is 5.91 Å². The van der Waals surface area contributed by atoms with Crippen molar-refractivity contribution in [3.8, 4) is 0 Å². The Bertz CT molecular complexity index is 723. The number of ether oxygens (including phenoxy) is 1. The summed E-state index contributed by atoms with van der Waals surface area (Å²) in [4.78, 5) is 26.2. The number of carboxylic acids is 1. The average molecular weight is 428 g/mol. The molecule has 3 aliphatic rings. The van der Waals surface area contributed by atoms with Gasteiger partial charge in [-0.15, -0.1) is 0 Å². The number of hydrogen-bond donors (Lipinski definition) is 1. The Hall–Kier alpha value is -2.13. The molecule has 3 saturated heterocycles. The van der Waals surface area contributed by atoms with Crippen LogP contribution in [0.5, 0.6) is 0 Å². The lowest BCUT2D eigenvalue weighted by atomic mass is 9.94. The number of fused-ring (bicyclic) bond motifs is 1. The Morgan fingerprint density at radius 3 is 2.30 bits per heavy atom. The predicted molar refractivity (Wildman–Crippen MR) is 104 cm³/mol. The Labute approximate surface area is 173 Å². The second-order valence-corrected chi connectivity index (χ2v) is 7.91. The number of rotatable bonds is 3. The summed E-state index contributed by atoms with van der Waals surface area (Å²) in [5.74, 6) is -1.69. The zero-order chi connectivity index (χ0) is 21.7. The molecule has 0 radical (unpaired) electrons. The van der Waals surface area contributed by atoms with Crippen molar-refractivity contribution < 1.29 is 32.6 Å². The van der Waals surface area contributed by atoms with E-state index in [1.165, 1.54) is 19.4 Å². The lowest BCUT2D eigenvalue weighted by Crippen LogP contribution is -2.53. The largest absolute Gasteiger partial charge is 0.490 e. The minimum absolute atomic E-state index is 0.297. The molecule has 3 aliphatic heterocycles. The molecule has 6 nitrogen and oxygen atoms in total. The summed E-state index contributed by atoms with van der Waals surface area (Å²) < 4.78 is 37.2. The van der Waals surface area contributed by atoms with Crippen molar-refractivity contribution in [2.24, 2.45) is 5.92 Å². The van der Waals surface area contributed by atoms with E-state index >= 15 is 0 Å². The third-order valence-electron chi connectivity index (χ3n) is 5.99. The van der Waals surface area contributed by atoms with E-state index in [4.69, 9.17) is 14.6 Å². The second-order valence-electron chi connectivity index (χ2n) is 7.91. The molecule has 1 aromatic rings. The third-order valence-corrected chi connectivity index (χ3v) is 5.99. The number of halogens is 3. The van der Waals surface area contributed by atoms with Crippen LogP contribution in [0.4, 0.5) is 18.9 Å². The molecule has 0 unspecified atom stereocenters. The molecule has 2 atom stereocenters. The van der Waals surface area contributed by atoms with Gasteiger partial charge in [0.15, 0.2) is 0 Å². The monoisotopic (exact) mass is 428 g/mol. The maximum Gasteiger partial charge on any atom is 0.490 e. The topological polar surface area (TPSA) is 70.1 Å². The number of carbonyl (C=O) groups is 2. The van der Waals surface area contributed by atoms with Crippen LogP contribution in [0, 0.1) is 5.92 Å². The van der Waals surface area contributed by atoms with E-state index in [1.54, 1.807) is 0 Å². The van der Waals surface area contributed by atoms with Gasteiger partial charge in [0, 0.05) is 44.5 Å². The summed E-state index contributed by atoms with van der Waals surface area (Å²) in [5, 5.41) is 7.12. The molecule has 166 valence electrons. The number of hydrogen-bond acceptors (Lipinski definition) is 4. The van der Waals surface area contributed by atoms with Gasteiger partial charge in [0.25, 0.3) is 0 Å². The van der Waals surface area contributed by atoms with Crippen LogP contribution in [0.1, 0.15) is 32.1 Å². The number of nitrogens with zero attached hydrogens (tertiary/aromatic N) is 2. The second kappa shape index (κ2) is 9.78. The number of aliphatic carboxylic acids is 1. The Balaban J connectivity index is 0.000000318. The van der Waals surface area contributed by atoms with Crippen LogP contribution >= 0.6 is 0 Å². The number of likely N-dealkylation sites (tertiary alicyclic amines) is 1. The van der Waals surface area contributed by atoms with Gasteiger partial charge in [-0.2, -0.15) is 13.2 Å². The molecule has 3 heterocycles. The van der Waals surface area contributed by atoms with E-state index in [1.807, 2.05) is 18.2 Å². The van der Waals surface area contributed by atoms with E-state index in [2.05, 4.69) is 21.9 Å². The van der Waals surface area contributed by atoms with E-state index in [-0.39, 0.29) is 0 Å². The van der Waals surface area contributed by atoms with Crippen molar-refractivity contribution in [3.05, 3.63) is 30.3 Å². The molecule has 1 amide bonds. The highest BCUT2D eigenvalue weighted by Gasteiger charge is 2.44. The molecule has 0 bridgehead atoms. The van der Waals surface area contributed by atoms with Gasteiger partial charge < -0.3 is 14.7 Å². The number of amides is 1. The minimum atomic E-state index is -5.08. The summed E-state index contributed by atoms with van der Waals surface area (Å²) in [6, 6.07) is 11.1. The van der Waals surface area contributed by atoms with Crippen LogP contribution in [0.25, 0.3) is 0 Å². The summed E-state index contributed by atoms with van der Waals surface area (Å²) in [5.41, 5.74) is 1.07. The van der Waals surface area contributed by atoms with Gasteiger partial charge >= 0.3 is 12.1 Å². The SMILES string of the molecule is O=C(O)C(F)(F)F.O=C1CC[C@H]2[C@H](CCN2CC2CCOCC2)N1c1ccccc1. The van der Waals surface area contributed by atoms with Gasteiger partial charge in [-0.3, -0.25) is 9.69 Å². The first-order valence-corrected chi connectivity index (χ1v) is 10.3. The van der Waals surface area contributed by atoms with Gasteiger partial charge in [-0.05, 0) is 43.7 Å². The van der Waals surface area contributed by atoms with Crippen LogP contribution < -0.4 is 4.90 Å². The molecular weight excluding hydrogens is 401 g/mol. The highest BCUT2D eigenvalue weighted by Crippen LogP contribution is 2.35. The fourth-order valence-electron chi connectivity index (χ4n) is 4.56. The lowest BCUT2D eigenvalue weighted by Gasteiger charge is -2.40. The molecule has 1 aromatic carbocycles. The Morgan fingerprint density at radius 1 is 1.07 bits per heavy atom. The van der Waals surface area contributed by atoms with E-state index < -0.39 is 12.1 Å². The predicted octanol–water partition coefficient (Wildman–Crippen LogP) is 3.32. The lowest BCUT2D eigenvalue weighted by molar-refractivity contribution is -0.192. The average Bonchev–Trinajstić information content (AvgIpc) is 3.11. The molecular formula is C21H27F3N2O4. The van der Waals surface area contributed by atoms with Crippen molar-refractivity contribution in [1.29, 1.82) is 0 Å². The highest BCUT2D eigenvalue weighted by molar-refractivity contribution is 5.95. The van der Waals surface area contributed by atoms with Crippen molar-refractivity contribution in [2.75, 3.05) is 31.2 Å². The van der Waals surface area contributed by atoms with E-state index in [0.29, 0.717) is 24.4 Å². The summed E-state index contributed by atoms with van der Waals surface area (Å²) in [7, 11) is 0. The summed E-state index contributed by atoms with van der Waals surface area (Å²) in [6.07, 6.45) is 0.106. The molecule has 30 heavy (non-hydrogen) atoms. The van der Waals surface area contributed by atoms with Crippen LogP contribution in [0.15, 0.2) is 30.3 Å². The maximum absolute atomic E-state index is 12.5. The van der Waals surface area contributed by atoms with Crippen LogP contribution in [0.3, 0.4) is 0 Å². The smallest absolute Gasteiger partial charge is 0.475 e. The van der Waals surface area contributed by atoms with Crippen LogP contribution in [-0.2, 0) is 14.3 Å². The maximum atomic E-state index is 12.5. The molecule has 0 aromatic heterocycles. The molecule has 0 spiro atoms. The molecule has 9 heteroatoms. The number of anilines is 1. The molecule has 1 N–H and O–H groups in total. The highest BCUT2D eigenvalue weighted by atomic mass is 19.4. The van der Waals surface area contributed by atoms with Crippen molar-refractivity contribution >= 4 is 17.6 Å². The Morgan fingerprint density at radius 2 is 1.70 bits per heavy atom. The molecule has 4 rings (SSSR count). The number of para-hydroxylation sites is 1. The number of carbonyl (C=O) groups excluding carboxylic acids is 1. The van der Waals surface area contributed by atoms with Crippen molar-refractivity contribution in [3.63, 3.8) is 0 Å². The van der Waals surface area contributed by atoms with Crippen molar-refractivity contribution in [2.45, 2.75) is 50.4 Å². The molecule has 0 aliphatic carbocycles. The number of alkyl halides is 3. The van der Waals surface area contributed by atoms with E-state index in [9.17, 15) is 18.0 Å². The number of benzene rings is 1. The summed E-state index contributed by atoms with van der Waals surface area (Å²) >= 11 is 0. The van der Waals surface area contributed by atoms with Crippen molar-refractivity contribution in [1.82, 2.24) is 4.90 Å².